The molecular formula is C27H30BrN3O4. The molecule has 2 heterocycles. The SMILES string of the molecule is CC(C)(C)OC(=O)[C@@H]1CCCN1C(=O)[C@H](Cc1ccccc1)NC(=O)c1cc2cc(Br)ccc2[nH]1. The number of likely N-dealkylation sites (tertiary alicyclic amines) is 1. The van der Waals surface area contributed by atoms with Crippen LogP contribution in [0.3, 0.4) is 0 Å². The fourth-order valence-electron chi connectivity index (χ4n) is 4.36. The van der Waals surface area contributed by atoms with Gasteiger partial charge in [0.25, 0.3) is 5.91 Å². The number of carbonyl (C=O) groups excluding carboxylic acids is 3. The number of nitrogens with zero attached hydrogens (tertiary/aromatic N) is 1. The zero-order valence-corrected chi connectivity index (χ0v) is 21.7. The second kappa shape index (κ2) is 10.2. The molecule has 35 heavy (non-hydrogen) atoms. The van der Waals surface area contributed by atoms with Gasteiger partial charge >= 0.3 is 5.97 Å². The summed E-state index contributed by atoms with van der Waals surface area (Å²) in [5.74, 6) is -1.07. The lowest BCUT2D eigenvalue weighted by Gasteiger charge is -2.30. The van der Waals surface area contributed by atoms with Gasteiger partial charge in [0.15, 0.2) is 0 Å². The Morgan fingerprint density at radius 1 is 1.14 bits per heavy atom. The zero-order chi connectivity index (χ0) is 25.2. The Labute approximate surface area is 213 Å². The second-order valence-corrected chi connectivity index (χ2v) is 10.8. The Hall–Kier alpha value is -3.13. The first-order chi connectivity index (χ1) is 16.6. The van der Waals surface area contributed by atoms with Gasteiger partial charge in [-0.1, -0.05) is 46.3 Å². The molecule has 2 amide bonds. The van der Waals surface area contributed by atoms with Crippen molar-refractivity contribution in [1.29, 1.82) is 0 Å². The van der Waals surface area contributed by atoms with Gasteiger partial charge in [0, 0.05) is 28.3 Å². The van der Waals surface area contributed by atoms with Crippen molar-refractivity contribution < 1.29 is 19.1 Å². The van der Waals surface area contributed by atoms with E-state index in [2.05, 4.69) is 26.2 Å². The summed E-state index contributed by atoms with van der Waals surface area (Å²) in [7, 11) is 0. The number of H-pyrrole nitrogens is 1. The molecule has 2 N–H and O–H groups in total. The molecule has 8 heteroatoms. The summed E-state index contributed by atoms with van der Waals surface area (Å²) >= 11 is 3.45. The largest absolute Gasteiger partial charge is 0.458 e. The first-order valence-corrected chi connectivity index (χ1v) is 12.6. The van der Waals surface area contributed by atoms with Crippen LogP contribution in [0, 0.1) is 0 Å². The summed E-state index contributed by atoms with van der Waals surface area (Å²) in [6.45, 7) is 5.88. The third-order valence-corrected chi connectivity index (χ3v) is 6.42. The number of halogens is 1. The fraction of sp³-hybridized carbons (Fsp3) is 0.370. The van der Waals surface area contributed by atoms with Gasteiger partial charge < -0.3 is 19.9 Å². The minimum absolute atomic E-state index is 0.283. The van der Waals surface area contributed by atoms with Crippen molar-refractivity contribution >= 4 is 44.6 Å². The Morgan fingerprint density at radius 2 is 1.89 bits per heavy atom. The standard InChI is InChI=1S/C27H30BrN3O4/c1-27(2,3)35-26(34)23-10-7-13-31(23)25(33)22(14-17-8-5-4-6-9-17)30-24(32)21-16-18-15-19(28)11-12-20(18)29-21/h4-6,8-9,11-12,15-16,22-23,29H,7,10,13-14H2,1-3H3,(H,30,32)/t22-,23-/m0/s1. The fourth-order valence-corrected chi connectivity index (χ4v) is 4.74. The van der Waals surface area contributed by atoms with Crippen LogP contribution in [-0.2, 0) is 20.7 Å². The molecule has 0 aliphatic carbocycles. The van der Waals surface area contributed by atoms with Crippen LogP contribution in [0.25, 0.3) is 10.9 Å². The number of ether oxygens (including phenoxy) is 1. The van der Waals surface area contributed by atoms with Crippen LogP contribution in [0.4, 0.5) is 0 Å². The lowest BCUT2D eigenvalue weighted by molar-refractivity contribution is -0.163. The van der Waals surface area contributed by atoms with Crippen molar-refractivity contribution in [3.8, 4) is 0 Å². The molecular weight excluding hydrogens is 510 g/mol. The van der Waals surface area contributed by atoms with Crippen LogP contribution >= 0.6 is 15.9 Å². The van der Waals surface area contributed by atoms with Crippen molar-refractivity contribution in [3.63, 3.8) is 0 Å². The molecule has 0 saturated carbocycles. The maximum absolute atomic E-state index is 13.7. The van der Waals surface area contributed by atoms with Gasteiger partial charge in [-0.2, -0.15) is 0 Å². The minimum Gasteiger partial charge on any atom is -0.458 e. The van der Waals surface area contributed by atoms with Gasteiger partial charge in [-0.3, -0.25) is 9.59 Å². The summed E-state index contributed by atoms with van der Waals surface area (Å²) in [6.07, 6.45) is 1.57. The lowest BCUT2D eigenvalue weighted by atomic mass is 10.0. The summed E-state index contributed by atoms with van der Waals surface area (Å²) < 4.78 is 6.48. The maximum Gasteiger partial charge on any atom is 0.329 e. The molecule has 4 rings (SSSR count). The summed E-state index contributed by atoms with van der Waals surface area (Å²) in [4.78, 5) is 44.4. The molecule has 1 fully saturated rings. The van der Waals surface area contributed by atoms with E-state index >= 15 is 0 Å². The number of hydrogen-bond donors (Lipinski definition) is 2. The summed E-state index contributed by atoms with van der Waals surface area (Å²) in [5, 5.41) is 3.81. The van der Waals surface area contributed by atoms with E-state index < -0.39 is 23.7 Å². The summed E-state index contributed by atoms with van der Waals surface area (Å²) in [5.41, 5.74) is 1.47. The monoisotopic (exact) mass is 539 g/mol. The van der Waals surface area contributed by atoms with Crippen LogP contribution in [0.1, 0.15) is 49.7 Å². The smallest absolute Gasteiger partial charge is 0.329 e. The predicted octanol–water partition coefficient (Wildman–Crippen LogP) is 4.60. The molecule has 1 aliphatic rings. The van der Waals surface area contributed by atoms with Crippen LogP contribution < -0.4 is 5.32 Å². The number of carbonyl (C=O) groups is 3. The number of rotatable bonds is 6. The Bertz CT molecular complexity index is 1230. The Morgan fingerprint density at radius 3 is 2.60 bits per heavy atom. The van der Waals surface area contributed by atoms with E-state index in [1.807, 2.05) is 69.3 Å². The van der Waals surface area contributed by atoms with Gasteiger partial charge in [0.2, 0.25) is 5.91 Å². The first-order valence-electron chi connectivity index (χ1n) is 11.8. The summed E-state index contributed by atoms with van der Waals surface area (Å²) in [6, 6.07) is 15.5. The second-order valence-electron chi connectivity index (χ2n) is 9.85. The number of benzene rings is 2. The maximum atomic E-state index is 13.7. The molecule has 7 nitrogen and oxygen atoms in total. The van der Waals surface area contributed by atoms with E-state index in [9.17, 15) is 14.4 Å². The van der Waals surface area contributed by atoms with Crippen molar-refractivity contribution in [3.05, 3.63) is 70.3 Å². The van der Waals surface area contributed by atoms with Crippen LogP contribution in [0.2, 0.25) is 0 Å². The van der Waals surface area contributed by atoms with E-state index in [1.54, 1.807) is 11.0 Å². The minimum atomic E-state index is -0.828. The average molecular weight is 540 g/mol. The van der Waals surface area contributed by atoms with Crippen LogP contribution in [0.5, 0.6) is 0 Å². The van der Waals surface area contributed by atoms with Gasteiger partial charge in [-0.25, -0.2) is 4.79 Å². The van der Waals surface area contributed by atoms with Gasteiger partial charge in [0.05, 0.1) is 0 Å². The molecule has 0 bridgehead atoms. The molecule has 2 atom stereocenters. The normalized spacial score (nSPS) is 16.8. The van der Waals surface area contributed by atoms with Crippen molar-refractivity contribution in [2.45, 2.75) is 57.7 Å². The quantitative estimate of drug-likeness (QED) is 0.447. The van der Waals surface area contributed by atoms with Gasteiger partial charge in [0.1, 0.15) is 23.4 Å². The molecule has 1 saturated heterocycles. The third kappa shape index (κ3) is 6.11. The average Bonchev–Trinajstić information content (AvgIpc) is 3.45. The Balaban J connectivity index is 1.57. The molecule has 0 spiro atoms. The van der Waals surface area contributed by atoms with Crippen LogP contribution in [-0.4, -0.2) is 51.9 Å². The molecule has 3 aromatic rings. The molecule has 1 aromatic heterocycles. The van der Waals surface area contributed by atoms with Gasteiger partial charge in [-0.05, 0) is 63.4 Å². The number of esters is 1. The highest BCUT2D eigenvalue weighted by Gasteiger charge is 2.39. The number of aromatic amines is 1. The molecule has 0 unspecified atom stereocenters. The zero-order valence-electron chi connectivity index (χ0n) is 20.1. The highest BCUT2D eigenvalue weighted by atomic mass is 79.9. The van der Waals surface area contributed by atoms with Crippen molar-refractivity contribution in [2.24, 2.45) is 0 Å². The van der Waals surface area contributed by atoms with Gasteiger partial charge in [-0.15, -0.1) is 0 Å². The number of fused-ring (bicyclic) bond motifs is 1. The van der Waals surface area contributed by atoms with E-state index in [1.165, 1.54) is 0 Å². The molecule has 1 aliphatic heterocycles. The van der Waals surface area contributed by atoms with E-state index in [0.717, 1.165) is 20.9 Å². The first kappa shape index (κ1) is 25.0. The number of hydrogen-bond acceptors (Lipinski definition) is 4. The highest BCUT2D eigenvalue weighted by molar-refractivity contribution is 9.10. The number of aromatic nitrogens is 1. The predicted molar refractivity (Wildman–Crippen MR) is 138 cm³/mol. The molecule has 2 aromatic carbocycles. The molecule has 0 radical (unpaired) electrons. The van der Waals surface area contributed by atoms with Crippen LogP contribution in [0.15, 0.2) is 59.1 Å². The van der Waals surface area contributed by atoms with E-state index in [0.29, 0.717) is 31.5 Å². The number of nitrogens with one attached hydrogen (secondary N) is 2. The third-order valence-electron chi connectivity index (χ3n) is 5.93. The van der Waals surface area contributed by atoms with E-state index in [4.69, 9.17) is 4.74 Å². The highest BCUT2D eigenvalue weighted by Crippen LogP contribution is 2.24. The number of amides is 2. The van der Waals surface area contributed by atoms with Crippen molar-refractivity contribution in [1.82, 2.24) is 15.2 Å². The van der Waals surface area contributed by atoms with E-state index in [-0.39, 0.29) is 11.8 Å². The topological polar surface area (TPSA) is 91.5 Å². The van der Waals surface area contributed by atoms with Crippen molar-refractivity contribution in [2.75, 3.05) is 6.54 Å². The lowest BCUT2D eigenvalue weighted by Crippen LogP contribution is -2.53. The Kier molecular flexibility index (Phi) is 7.31. The molecule has 184 valence electrons.